The lowest BCUT2D eigenvalue weighted by atomic mass is 9.53. The Morgan fingerprint density at radius 3 is 2.69 bits per heavy atom. The molecule has 0 saturated heterocycles. The first-order chi connectivity index (χ1) is 13.9. The van der Waals surface area contributed by atoms with Gasteiger partial charge in [0.25, 0.3) is 0 Å². The topological polar surface area (TPSA) is 38.8 Å². The minimum Gasteiger partial charge on any atom is -0.493 e. The van der Waals surface area contributed by atoms with Crippen molar-refractivity contribution in [2.75, 3.05) is 20.7 Å². The molecule has 29 heavy (non-hydrogen) atoms. The molecule has 4 nitrogen and oxygen atoms in total. The fraction of sp³-hybridized carbons (Fsp3) is 0.720. The van der Waals surface area contributed by atoms with Crippen LogP contribution in [-0.4, -0.2) is 43.5 Å². The van der Waals surface area contributed by atoms with E-state index in [-0.39, 0.29) is 17.3 Å². The van der Waals surface area contributed by atoms with E-state index < -0.39 is 0 Å². The summed E-state index contributed by atoms with van der Waals surface area (Å²) in [6.07, 6.45) is 6.06. The molecule has 0 aromatic heterocycles. The largest absolute Gasteiger partial charge is 0.493 e. The van der Waals surface area contributed by atoms with E-state index >= 15 is 0 Å². The number of rotatable bonds is 6. The van der Waals surface area contributed by atoms with E-state index in [0.29, 0.717) is 24.3 Å². The maximum Gasteiger partial charge on any atom is 0.174 e. The summed E-state index contributed by atoms with van der Waals surface area (Å²) < 4.78 is 12.3. The van der Waals surface area contributed by atoms with E-state index in [4.69, 9.17) is 9.47 Å². The number of methoxy groups -OCH3 is 1. The molecule has 4 aliphatic rings. The van der Waals surface area contributed by atoms with E-state index in [9.17, 15) is 4.79 Å². The SMILES string of the molecule is CC[C@@]12c3c4c(C(C)C)cc(OC)c3O[C@@H]1C(=O)CCC2C(N(C)CC1CC1)C4. The Hall–Kier alpha value is -1.55. The third-order valence-electron chi connectivity index (χ3n) is 8.33. The second-order valence-corrected chi connectivity index (χ2v) is 10.2. The Labute approximate surface area is 174 Å². The van der Waals surface area contributed by atoms with Gasteiger partial charge in [0.15, 0.2) is 23.4 Å². The molecule has 1 heterocycles. The normalized spacial score (nSPS) is 32.5. The first kappa shape index (κ1) is 19.4. The molecule has 0 amide bonds. The van der Waals surface area contributed by atoms with E-state index in [1.54, 1.807) is 7.11 Å². The summed E-state index contributed by atoms with van der Waals surface area (Å²) in [4.78, 5) is 15.7. The number of ether oxygens (including phenoxy) is 2. The van der Waals surface area contributed by atoms with E-state index in [1.165, 1.54) is 36.1 Å². The molecule has 158 valence electrons. The number of carbonyl (C=O) groups is 1. The molecule has 2 saturated carbocycles. The number of hydrogen-bond donors (Lipinski definition) is 0. The molecule has 0 radical (unpaired) electrons. The van der Waals surface area contributed by atoms with Crippen LogP contribution in [0.25, 0.3) is 0 Å². The first-order valence-electron chi connectivity index (χ1n) is 11.6. The smallest absolute Gasteiger partial charge is 0.174 e. The molecule has 2 unspecified atom stereocenters. The van der Waals surface area contributed by atoms with E-state index in [2.05, 4.69) is 38.8 Å². The summed E-state index contributed by atoms with van der Waals surface area (Å²) in [5.41, 5.74) is 3.94. The van der Waals surface area contributed by atoms with Gasteiger partial charge in [0.2, 0.25) is 0 Å². The summed E-state index contributed by atoms with van der Waals surface area (Å²) in [7, 11) is 4.04. The van der Waals surface area contributed by atoms with Crippen molar-refractivity contribution < 1.29 is 14.3 Å². The van der Waals surface area contributed by atoms with Crippen molar-refractivity contribution in [3.8, 4) is 11.5 Å². The molecule has 4 atom stereocenters. The lowest BCUT2D eigenvalue weighted by molar-refractivity contribution is -0.135. The minimum atomic E-state index is -0.339. The number of ketones is 1. The Morgan fingerprint density at radius 2 is 2.07 bits per heavy atom. The highest BCUT2D eigenvalue weighted by atomic mass is 16.5. The Bertz CT molecular complexity index is 843. The van der Waals surface area contributed by atoms with Gasteiger partial charge >= 0.3 is 0 Å². The third-order valence-corrected chi connectivity index (χ3v) is 8.33. The Morgan fingerprint density at radius 1 is 1.31 bits per heavy atom. The lowest BCUT2D eigenvalue weighted by Crippen LogP contribution is -2.61. The number of Topliss-reactive ketones (excluding diaryl/α,β-unsaturated/α-hetero) is 1. The van der Waals surface area contributed by atoms with Gasteiger partial charge in [-0.15, -0.1) is 0 Å². The molecule has 1 aliphatic heterocycles. The molecule has 1 aromatic rings. The van der Waals surface area contributed by atoms with Crippen LogP contribution in [0.4, 0.5) is 0 Å². The van der Waals surface area contributed by atoms with Crippen molar-refractivity contribution in [1.82, 2.24) is 4.90 Å². The van der Waals surface area contributed by atoms with Crippen molar-refractivity contribution in [1.29, 1.82) is 0 Å². The predicted octanol–water partition coefficient (Wildman–Crippen LogP) is 4.47. The highest BCUT2D eigenvalue weighted by Crippen LogP contribution is 2.62. The predicted molar refractivity (Wildman–Crippen MR) is 114 cm³/mol. The molecule has 0 bridgehead atoms. The summed E-state index contributed by atoms with van der Waals surface area (Å²) in [6.45, 7) is 7.99. The molecule has 1 aromatic carbocycles. The second-order valence-electron chi connectivity index (χ2n) is 10.2. The van der Waals surface area contributed by atoms with Crippen molar-refractivity contribution in [2.45, 2.75) is 82.8 Å². The third kappa shape index (κ3) is 2.64. The molecule has 4 heteroatoms. The summed E-state index contributed by atoms with van der Waals surface area (Å²) in [5, 5.41) is 0. The van der Waals surface area contributed by atoms with Gasteiger partial charge in [-0.05, 0) is 74.1 Å². The number of hydrogen-bond acceptors (Lipinski definition) is 4. The van der Waals surface area contributed by atoms with Gasteiger partial charge in [-0.2, -0.15) is 0 Å². The van der Waals surface area contributed by atoms with Crippen molar-refractivity contribution in [3.05, 3.63) is 22.8 Å². The zero-order chi connectivity index (χ0) is 20.5. The Kier molecular flexibility index (Phi) is 4.51. The molecule has 0 spiro atoms. The van der Waals surface area contributed by atoms with Gasteiger partial charge in [-0.25, -0.2) is 0 Å². The van der Waals surface area contributed by atoms with Crippen LogP contribution in [0.3, 0.4) is 0 Å². The van der Waals surface area contributed by atoms with E-state index in [0.717, 1.165) is 36.7 Å². The molecule has 0 N–H and O–H groups in total. The zero-order valence-electron chi connectivity index (χ0n) is 18.6. The number of benzene rings is 1. The number of likely N-dealkylation sites (N-methyl/N-ethyl adjacent to an activating group) is 1. The van der Waals surface area contributed by atoms with Crippen LogP contribution in [0.15, 0.2) is 6.07 Å². The van der Waals surface area contributed by atoms with Gasteiger partial charge in [-0.3, -0.25) is 4.79 Å². The average molecular weight is 398 g/mol. The van der Waals surface area contributed by atoms with Gasteiger partial charge in [0.1, 0.15) is 0 Å². The first-order valence-corrected chi connectivity index (χ1v) is 11.6. The van der Waals surface area contributed by atoms with E-state index in [1.807, 2.05) is 0 Å². The van der Waals surface area contributed by atoms with Crippen molar-refractivity contribution in [2.24, 2.45) is 11.8 Å². The minimum absolute atomic E-state index is 0.196. The number of nitrogens with zero attached hydrogens (tertiary/aromatic N) is 1. The van der Waals surface area contributed by atoms with Crippen LogP contribution in [0.2, 0.25) is 0 Å². The number of carbonyl (C=O) groups excluding carboxylic acids is 1. The maximum atomic E-state index is 13.1. The monoisotopic (exact) mass is 397 g/mol. The lowest BCUT2D eigenvalue weighted by Gasteiger charge is -2.53. The fourth-order valence-electron chi connectivity index (χ4n) is 6.79. The van der Waals surface area contributed by atoms with Crippen LogP contribution >= 0.6 is 0 Å². The highest BCUT2D eigenvalue weighted by Gasteiger charge is 2.63. The van der Waals surface area contributed by atoms with Crippen LogP contribution in [0, 0.1) is 11.8 Å². The molecular weight excluding hydrogens is 362 g/mol. The molecule has 3 aliphatic carbocycles. The quantitative estimate of drug-likeness (QED) is 0.710. The van der Waals surface area contributed by atoms with Crippen LogP contribution in [-0.2, 0) is 16.6 Å². The van der Waals surface area contributed by atoms with Gasteiger partial charge < -0.3 is 14.4 Å². The second kappa shape index (κ2) is 6.73. The average Bonchev–Trinajstić information content (AvgIpc) is 3.44. The van der Waals surface area contributed by atoms with Gasteiger partial charge in [0.05, 0.1) is 7.11 Å². The summed E-state index contributed by atoms with van der Waals surface area (Å²) in [5.74, 6) is 3.72. The highest BCUT2D eigenvalue weighted by molar-refractivity contribution is 5.89. The maximum absolute atomic E-state index is 13.1. The molecule has 2 fully saturated rings. The standard InChI is InChI=1S/C25H35NO3/c1-6-25-18-9-10-20(27)24(25)29-23-21(28-5)12-16(14(2)3)17(22(23)25)11-19(18)26(4)13-15-7-8-15/h12,14-15,18-19,24H,6-11,13H2,1-5H3/t18?,19?,24-,25-/m1/s1. The van der Waals surface area contributed by atoms with Crippen molar-refractivity contribution in [3.63, 3.8) is 0 Å². The van der Waals surface area contributed by atoms with Crippen LogP contribution in [0.1, 0.15) is 75.5 Å². The Balaban J connectivity index is 1.72. The molecular formula is C25H35NO3. The molecule has 5 rings (SSSR count). The van der Waals surface area contributed by atoms with Crippen molar-refractivity contribution >= 4 is 5.78 Å². The summed E-state index contributed by atoms with van der Waals surface area (Å²) in [6, 6.07) is 2.67. The zero-order valence-corrected chi connectivity index (χ0v) is 18.6. The fourth-order valence-corrected chi connectivity index (χ4v) is 6.79. The van der Waals surface area contributed by atoms with Gasteiger partial charge in [0, 0.05) is 30.0 Å². The van der Waals surface area contributed by atoms with Crippen LogP contribution < -0.4 is 9.47 Å². The van der Waals surface area contributed by atoms with Gasteiger partial charge in [-0.1, -0.05) is 20.8 Å². The van der Waals surface area contributed by atoms with Crippen LogP contribution in [0.5, 0.6) is 11.5 Å². The summed E-state index contributed by atoms with van der Waals surface area (Å²) >= 11 is 0.